The highest BCUT2D eigenvalue weighted by Crippen LogP contribution is 2.62. The van der Waals surface area contributed by atoms with E-state index in [1.807, 2.05) is 35.2 Å². The molecule has 8 rings (SSSR count). The summed E-state index contributed by atoms with van der Waals surface area (Å²) < 4.78 is 32.4. The number of nitro groups is 1. The average molecular weight is 920 g/mol. The molecule has 0 aromatic heterocycles. The Morgan fingerprint density at radius 3 is 2.37 bits per heavy atom. The lowest BCUT2D eigenvalue weighted by molar-refractivity contribution is -0.384. The van der Waals surface area contributed by atoms with Crippen LogP contribution in [0.3, 0.4) is 0 Å². The van der Waals surface area contributed by atoms with Crippen LogP contribution in [0.4, 0.5) is 5.69 Å². The van der Waals surface area contributed by atoms with E-state index in [1.54, 1.807) is 24.3 Å². The zero-order chi connectivity index (χ0) is 46.8. The summed E-state index contributed by atoms with van der Waals surface area (Å²) in [7, 11) is 0. The molecular formula is C53H65N3O11. The number of allylic oxidation sites excluding steroid dienone is 1. The molecular weight excluding hydrogens is 855 g/mol. The van der Waals surface area contributed by atoms with E-state index in [9.17, 15) is 20.3 Å². The third-order valence-electron chi connectivity index (χ3n) is 14.3. The average Bonchev–Trinajstić information content (AvgIpc) is 4.05. The minimum absolute atomic E-state index is 0.0176. The summed E-state index contributed by atoms with van der Waals surface area (Å²) in [5, 5.41) is 36.4. The van der Waals surface area contributed by atoms with Gasteiger partial charge in [-0.3, -0.25) is 14.9 Å². The molecule has 67 heavy (non-hydrogen) atoms. The van der Waals surface area contributed by atoms with E-state index in [2.05, 4.69) is 25.3 Å². The quantitative estimate of drug-likeness (QED) is 0.0379. The normalized spacial score (nSPS) is 24.2. The molecule has 3 aliphatic carbocycles. The predicted molar refractivity (Wildman–Crippen MR) is 253 cm³/mol. The molecule has 0 spiro atoms. The molecule has 0 bridgehead atoms. The number of aliphatic hydroxyl groups is 2. The van der Waals surface area contributed by atoms with Gasteiger partial charge >= 0.3 is 0 Å². The summed E-state index contributed by atoms with van der Waals surface area (Å²) in [5.74, 6) is 0.918. The van der Waals surface area contributed by atoms with Crippen LogP contribution in [0.1, 0.15) is 106 Å². The van der Waals surface area contributed by atoms with Crippen molar-refractivity contribution in [2.24, 2.45) is 28.8 Å². The van der Waals surface area contributed by atoms with Crippen LogP contribution in [0.15, 0.2) is 103 Å². The standard InChI is InChI=1S/C53H65N3O11/c1-3-27-62-41-21-23-46-44(31-41)51-42(14-8-10-26-58)39(13-7-9-25-57)30-43-45(54-66-34-37-15-19-40(20-16-37)56(60)61)32-49(53(67-46,52(43)51)65-28-4-2)55(50(59)24-18-36-11-5-6-12-36)33-38-17-22-47-48(29-38)64-35-63-47/h3-4,15-17,19-23,29-31,36,39,42,49,51-52,57-58H,1-2,5-14,18,24-28,32-35H2/t39-,42+,49-,51+,52+,53+/m0/s1. The number of ether oxygens (including phenoxy) is 5. The molecule has 5 aliphatic rings. The molecule has 3 aromatic carbocycles. The van der Waals surface area contributed by atoms with E-state index in [0.29, 0.717) is 66.1 Å². The van der Waals surface area contributed by atoms with Gasteiger partial charge < -0.3 is 43.6 Å². The van der Waals surface area contributed by atoms with Gasteiger partial charge in [-0.15, -0.1) is 6.58 Å². The van der Waals surface area contributed by atoms with E-state index in [1.165, 1.54) is 25.0 Å². The smallest absolute Gasteiger partial charge is 0.269 e. The minimum Gasteiger partial charge on any atom is -0.490 e. The first kappa shape index (κ1) is 47.8. The zero-order valence-corrected chi connectivity index (χ0v) is 38.4. The first-order valence-electron chi connectivity index (χ1n) is 24.1. The maximum Gasteiger partial charge on any atom is 0.269 e. The molecule has 14 heteroatoms. The second-order valence-corrected chi connectivity index (χ2v) is 18.5. The SMILES string of the molecule is C=CCOc1ccc2c(c1)[C@H]1[C@H](CCCCO)[C@@H](CCCCO)C=C3C(=NOCc4ccc([N+](=O)[O-])cc4)C[C@H](N(Cc4ccc5c(c4)OCO5)C(=O)CCC4CCCC4)[C@@](OCC=C)(O2)[C@H]31. The van der Waals surface area contributed by atoms with Crippen LogP contribution in [0.2, 0.25) is 0 Å². The summed E-state index contributed by atoms with van der Waals surface area (Å²) in [6, 6.07) is 17.2. The number of non-ortho nitro benzene ring substituents is 1. The number of hydrogen-bond acceptors (Lipinski definition) is 12. The summed E-state index contributed by atoms with van der Waals surface area (Å²) in [6.45, 7) is 8.97. The number of oxime groups is 1. The Morgan fingerprint density at radius 2 is 1.63 bits per heavy atom. The fourth-order valence-electron chi connectivity index (χ4n) is 11.2. The van der Waals surface area contributed by atoms with Crippen molar-refractivity contribution in [1.82, 2.24) is 4.90 Å². The van der Waals surface area contributed by atoms with Gasteiger partial charge in [0.2, 0.25) is 18.5 Å². The molecule has 3 aromatic rings. The summed E-state index contributed by atoms with van der Waals surface area (Å²) in [6.07, 6.45) is 16.1. The molecule has 2 heterocycles. The van der Waals surface area contributed by atoms with Gasteiger partial charge in [0, 0.05) is 56.2 Å². The molecule has 0 unspecified atom stereocenters. The fraction of sp³-hybridized carbons (Fsp3) is 0.509. The van der Waals surface area contributed by atoms with E-state index >= 15 is 4.79 Å². The Balaban J connectivity index is 1.31. The summed E-state index contributed by atoms with van der Waals surface area (Å²) in [4.78, 5) is 34.5. The Kier molecular flexibility index (Phi) is 16.0. The Labute approximate surface area is 393 Å². The molecule has 2 saturated carbocycles. The number of nitro benzene ring substituents is 1. The highest BCUT2D eigenvalue weighted by atomic mass is 16.7. The van der Waals surface area contributed by atoms with Crippen molar-refractivity contribution in [3.8, 4) is 23.0 Å². The van der Waals surface area contributed by atoms with Crippen molar-refractivity contribution in [2.45, 2.75) is 114 Å². The molecule has 2 fully saturated rings. The molecule has 1 amide bonds. The van der Waals surface area contributed by atoms with Crippen LogP contribution in [0, 0.1) is 33.8 Å². The van der Waals surface area contributed by atoms with Crippen LogP contribution in [0.25, 0.3) is 0 Å². The fourth-order valence-corrected chi connectivity index (χ4v) is 11.2. The topological polar surface area (TPSA) is 172 Å². The van der Waals surface area contributed by atoms with Crippen LogP contribution in [0.5, 0.6) is 23.0 Å². The number of nitrogens with zero attached hydrogens (tertiary/aromatic N) is 3. The number of unbranched alkanes of at least 4 members (excludes halogenated alkanes) is 2. The van der Waals surface area contributed by atoms with Gasteiger partial charge in [0.1, 0.15) is 30.8 Å². The van der Waals surface area contributed by atoms with Gasteiger partial charge in [0.05, 0.1) is 23.2 Å². The van der Waals surface area contributed by atoms with Gasteiger partial charge in [0.25, 0.3) is 5.69 Å². The van der Waals surface area contributed by atoms with Crippen molar-refractivity contribution in [3.63, 3.8) is 0 Å². The lowest BCUT2D eigenvalue weighted by Crippen LogP contribution is -2.70. The number of carbonyl (C=O) groups excluding carboxylic acids is 1. The van der Waals surface area contributed by atoms with Crippen molar-refractivity contribution in [1.29, 1.82) is 0 Å². The number of carbonyl (C=O) groups is 1. The van der Waals surface area contributed by atoms with Crippen LogP contribution >= 0.6 is 0 Å². The first-order valence-corrected chi connectivity index (χ1v) is 24.1. The lowest BCUT2D eigenvalue weighted by atomic mass is 9.55. The highest BCUT2D eigenvalue weighted by Gasteiger charge is 2.65. The van der Waals surface area contributed by atoms with Crippen molar-refractivity contribution >= 4 is 17.3 Å². The number of aliphatic hydroxyl groups excluding tert-OH is 2. The van der Waals surface area contributed by atoms with E-state index < -0.39 is 22.7 Å². The third kappa shape index (κ3) is 10.7. The van der Waals surface area contributed by atoms with Gasteiger partial charge in [-0.05, 0) is 109 Å². The zero-order valence-electron chi connectivity index (χ0n) is 38.4. The highest BCUT2D eigenvalue weighted by molar-refractivity contribution is 6.03. The van der Waals surface area contributed by atoms with Gasteiger partial charge in [0.15, 0.2) is 11.5 Å². The van der Waals surface area contributed by atoms with Crippen LogP contribution in [-0.4, -0.2) is 76.7 Å². The van der Waals surface area contributed by atoms with Crippen molar-refractivity contribution < 1.29 is 48.5 Å². The van der Waals surface area contributed by atoms with Gasteiger partial charge in [-0.1, -0.05) is 74.6 Å². The van der Waals surface area contributed by atoms with Gasteiger partial charge in [-0.2, -0.15) is 0 Å². The van der Waals surface area contributed by atoms with Gasteiger partial charge in [-0.25, -0.2) is 0 Å². The first-order chi connectivity index (χ1) is 32.8. The maximum atomic E-state index is 15.3. The third-order valence-corrected chi connectivity index (χ3v) is 14.3. The van der Waals surface area contributed by atoms with Crippen molar-refractivity contribution in [3.05, 3.63) is 124 Å². The number of fused-ring (bicyclic) bond motifs is 3. The van der Waals surface area contributed by atoms with Crippen molar-refractivity contribution in [2.75, 3.05) is 33.2 Å². The largest absolute Gasteiger partial charge is 0.490 e. The number of hydrogen-bond donors (Lipinski definition) is 2. The molecule has 6 atom stereocenters. The van der Waals surface area contributed by atoms with Crippen LogP contribution < -0.4 is 18.9 Å². The molecule has 358 valence electrons. The summed E-state index contributed by atoms with van der Waals surface area (Å²) in [5.41, 5.74) is 4.07. The second kappa shape index (κ2) is 22.4. The molecule has 0 saturated heterocycles. The minimum atomic E-state index is -1.44. The van der Waals surface area contributed by atoms with E-state index in [-0.39, 0.29) is 75.5 Å². The molecule has 14 nitrogen and oxygen atoms in total. The molecule has 2 N–H and O–H groups in total. The second-order valence-electron chi connectivity index (χ2n) is 18.5. The summed E-state index contributed by atoms with van der Waals surface area (Å²) >= 11 is 0. The maximum absolute atomic E-state index is 15.3. The lowest BCUT2D eigenvalue weighted by Gasteiger charge is -2.60. The van der Waals surface area contributed by atoms with E-state index in [0.717, 1.165) is 61.6 Å². The van der Waals surface area contributed by atoms with Crippen LogP contribution in [-0.2, 0) is 27.5 Å². The Hall–Kier alpha value is -5.70. The molecule has 0 radical (unpaired) electrons. The molecule has 2 aliphatic heterocycles. The van der Waals surface area contributed by atoms with E-state index in [4.69, 9.17) is 33.7 Å². The number of benzene rings is 3. The number of amides is 1. The predicted octanol–water partition coefficient (Wildman–Crippen LogP) is 9.72. The monoisotopic (exact) mass is 919 g/mol. The Morgan fingerprint density at radius 1 is 0.896 bits per heavy atom. The number of rotatable bonds is 24. The Bertz CT molecular complexity index is 2270.